The van der Waals surface area contributed by atoms with Crippen LogP contribution >= 0.6 is 0 Å². The van der Waals surface area contributed by atoms with Crippen LogP contribution in [0.15, 0.2) is 144 Å². The van der Waals surface area contributed by atoms with E-state index in [1.807, 2.05) is 0 Å². The number of rotatable bonds is 4. The van der Waals surface area contributed by atoms with E-state index in [0.29, 0.717) is 0 Å². The summed E-state index contributed by atoms with van der Waals surface area (Å²) in [4.78, 5) is 8.50. The summed E-state index contributed by atoms with van der Waals surface area (Å²) in [5, 5.41) is 1.18. The molecule has 5 heteroatoms. The highest BCUT2D eigenvalue weighted by Gasteiger charge is 2.63. The van der Waals surface area contributed by atoms with E-state index >= 15 is 0 Å². The van der Waals surface area contributed by atoms with Crippen LogP contribution in [0.5, 0.6) is 0 Å². The number of anilines is 7. The van der Waals surface area contributed by atoms with Gasteiger partial charge < -0.3 is 19.1 Å². The van der Waals surface area contributed by atoms with Crippen molar-refractivity contribution in [1.82, 2.24) is 0 Å². The van der Waals surface area contributed by atoms with E-state index in [1.54, 1.807) is 0 Å². The molecule has 0 radical (unpaired) electrons. The summed E-state index contributed by atoms with van der Waals surface area (Å²) >= 11 is 0. The zero-order valence-corrected chi connectivity index (χ0v) is 48.3. The van der Waals surface area contributed by atoms with Gasteiger partial charge in [0.2, 0.25) is 0 Å². The van der Waals surface area contributed by atoms with Crippen LogP contribution in [0.25, 0.3) is 33.2 Å². The average molecular weight is 1010 g/mol. The first-order valence-corrected chi connectivity index (χ1v) is 29.3. The molecule has 0 N–H and O–H groups in total. The van der Waals surface area contributed by atoms with E-state index in [-0.39, 0.29) is 44.9 Å². The van der Waals surface area contributed by atoms with Crippen molar-refractivity contribution < 1.29 is 4.42 Å². The van der Waals surface area contributed by atoms with Crippen LogP contribution in [0.2, 0.25) is 0 Å². The van der Waals surface area contributed by atoms with Gasteiger partial charge >= 0.3 is 0 Å². The first kappa shape index (κ1) is 48.9. The molecule has 1 aromatic heterocycles. The molecule has 2 saturated carbocycles. The molecule has 14 rings (SSSR count). The third-order valence-corrected chi connectivity index (χ3v) is 21.0. The van der Waals surface area contributed by atoms with Crippen LogP contribution < -0.4 is 31.3 Å². The van der Waals surface area contributed by atoms with E-state index in [0.717, 1.165) is 30.5 Å². The molecule has 4 aliphatic heterocycles. The largest absolute Gasteiger partial charge is 0.468 e. The lowest BCUT2D eigenvalue weighted by Crippen LogP contribution is -2.64. The fourth-order valence-corrected chi connectivity index (χ4v) is 16.1. The smallest absolute Gasteiger partial charge is 0.297 e. The molecule has 4 atom stereocenters. The third-order valence-electron chi connectivity index (χ3n) is 21.0. The molecule has 0 bridgehead atoms. The summed E-state index contributed by atoms with van der Waals surface area (Å²) in [7, 11) is 0. The molecule has 4 unspecified atom stereocenters. The minimum atomic E-state index is -0.172. The monoisotopic (exact) mass is 1010 g/mol. The Morgan fingerprint density at radius 1 is 0.455 bits per heavy atom. The van der Waals surface area contributed by atoms with Crippen LogP contribution in [0.3, 0.4) is 0 Å². The molecule has 4 nitrogen and oxygen atoms in total. The summed E-state index contributed by atoms with van der Waals surface area (Å²) in [5.41, 5.74) is 25.3. The molecule has 8 aromatic rings. The van der Waals surface area contributed by atoms with Crippen molar-refractivity contribution >= 4 is 74.1 Å². The standard InChI is InChI=1S/C72H78BN3O/c1-66(2,3)48-29-32-57(52(39-48)46-26-18-15-19-27-46)74-59-43-51(75-58-31-28-47(45-24-16-14-17-25-45)38-54(58)69(10)34-20-22-36-71(69,75)12)44-60-62(59)73(65-63(74)53-40-49(67(4,5)6)30-33-61(53)77-65)56-42-50(68(7,8)9)41-55-64(56)76(60)72(13)37-23-21-35-70(55,72)11/h14-19,24-33,38-44H,20-23,34-37H2,1-13H3. The van der Waals surface area contributed by atoms with Crippen LogP contribution in [0.4, 0.5) is 39.8 Å². The van der Waals surface area contributed by atoms with Crippen molar-refractivity contribution in [2.24, 2.45) is 0 Å². The molecular formula is C72H78BN3O. The molecule has 77 heavy (non-hydrogen) atoms. The van der Waals surface area contributed by atoms with E-state index < -0.39 is 0 Å². The van der Waals surface area contributed by atoms with E-state index in [1.165, 1.54) is 138 Å². The average Bonchev–Trinajstić information content (AvgIpc) is 3.56. The number of benzene rings is 7. The second-order valence-electron chi connectivity index (χ2n) is 28.4. The summed E-state index contributed by atoms with van der Waals surface area (Å²) in [6.07, 6.45) is 9.51. The van der Waals surface area contributed by atoms with E-state index in [2.05, 4.69) is 244 Å². The number of nitrogens with zero attached hydrogens (tertiary/aromatic N) is 3. The molecule has 2 aliphatic carbocycles. The molecule has 6 aliphatic rings. The van der Waals surface area contributed by atoms with Gasteiger partial charge in [-0.2, -0.15) is 0 Å². The van der Waals surface area contributed by atoms with Gasteiger partial charge in [-0.05, 0) is 160 Å². The van der Waals surface area contributed by atoms with Crippen molar-refractivity contribution in [3.63, 3.8) is 0 Å². The number of hydrogen-bond acceptors (Lipinski definition) is 4. The first-order valence-electron chi connectivity index (χ1n) is 29.3. The maximum Gasteiger partial charge on any atom is 0.297 e. The lowest BCUT2D eigenvalue weighted by Gasteiger charge is -2.53. The number of furan rings is 1. The van der Waals surface area contributed by atoms with Gasteiger partial charge in [0.05, 0.1) is 28.1 Å². The summed E-state index contributed by atoms with van der Waals surface area (Å²) in [6, 6.07) is 54.8. The van der Waals surface area contributed by atoms with Crippen molar-refractivity contribution in [1.29, 1.82) is 0 Å². The Morgan fingerprint density at radius 2 is 1.03 bits per heavy atom. The summed E-state index contributed by atoms with van der Waals surface area (Å²) < 4.78 is 7.68. The lowest BCUT2D eigenvalue weighted by atomic mass is 9.35. The summed E-state index contributed by atoms with van der Waals surface area (Å²) in [6.45, 7) is 31.7. The SMILES string of the molecule is CC(C)(C)c1ccc(N2c3cc(N4c5ccc(-c6ccccc6)cc5C5(C)CCCCC45C)cc4c3B(c3cc(C(C)(C)C)cc5c3N4C3(C)CCCCC53C)c3oc4ccc(C(C)(C)C)cc4c32)c(-c2ccccc2)c1. The molecule has 0 saturated heterocycles. The molecule has 390 valence electrons. The van der Waals surface area contributed by atoms with E-state index in [9.17, 15) is 0 Å². The topological polar surface area (TPSA) is 22.9 Å². The van der Waals surface area contributed by atoms with Gasteiger partial charge in [0.1, 0.15) is 5.58 Å². The maximum atomic E-state index is 7.68. The molecular weight excluding hydrogens is 934 g/mol. The molecule has 5 heterocycles. The van der Waals surface area contributed by atoms with Gasteiger partial charge in [-0.1, -0.05) is 193 Å². The Morgan fingerprint density at radius 3 is 1.69 bits per heavy atom. The number of fused-ring (bicyclic) bond motifs is 12. The minimum Gasteiger partial charge on any atom is -0.468 e. The zero-order chi connectivity index (χ0) is 53.6. The van der Waals surface area contributed by atoms with Gasteiger partial charge in [0.15, 0.2) is 0 Å². The Bertz CT molecular complexity index is 3760. The second-order valence-corrected chi connectivity index (χ2v) is 28.4. The second kappa shape index (κ2) is 16.1. The highest BCUT2D eigenvalue weighted by molar-refractivity contribution is 7.00. The first-order chi connectivity index (χ1) is 36.5. The van der Waals surface area contributed by atoms with Crippen molar-refractivity contribution in [2.45, 2.75) is 180 Å². The van der Waals surface area contributed by atoms with Crippen LogP contribution in [-0.2, 0) is 27.1 Å². The van der Waals surface area contributed by atoms with Crippen LogP contribution in [0, 0.1) is 0 Å². The normalized spacial score (nSPS) is 24.1. The Kier molecular flexibility index (Phi) is 10.2. The fourth-order valence-electron chi connectivity index (χ4n) is 16.1. The maximum absolute atomic E-state index is 7.68. The van der Waals surface area contributed by atoms with Gasteiger partial charge in [-0.25, -0.2) is 0 Å². The quantitative estimate of drug-likeness (QED) is 0.164. The molecule has 7 aromatic carbocycles. The third kappa shape index (κ3) is 6.64. The molecule has 0 amide bonds. The highest BCUT2D eigenvalue weighted by Crippen LogP contribution is 2.66. The predicted molar refractivity (Wildman–Crippen MR) is 328 cm³/mol. The van der Waals surface area contributed by atoms with Crippen molar-refractivity contribution in [3.05, 3.63) is 167 Å². The van der Waals surface area contributed by atoms with Crippen molar-refractivity contribution in [2.75, 3.05) is 14.7 Å². The van der Waals surface area contributed by atoms with Crippen LogP contribution in [0.1, 0.15) is 169 Å². The van der Waals surface area contributed by atoms with Gasteiger partial charge in [-0.15, -0.1) is 0 Å². The van der Waals surface area contributed by atoms with E-state index in [4.69, 9.17) is 4.42 Å². The lowest BCUT2D eigenvalue weighted by molar-refractivity contribution is 0.194. The molecule has 0 spiro atoms. The Hall–Kier alpha value is -6.46. The fraction of sp³-hybridized carbons (Fsp3) is 0.389. The zero-order valence-electron chi connectivity index (χ0n) is 48.3. The van der Waals surface area contributed by atoms with Gasteiger partial charge in [-0.3, -0.25) is 0 Å². The number of hydrogen-bond donors (Lipinski definition) is 0. The van der Waals surface area contributed by atoms with Crippen LogP contribution in [-0.4, -0.2) is 17.8 Å². The Labute approximate surface area is 460 Å². The van der Waals surface area contributed by atoms with Gasteiger partial charge in [0.25, 0.3) is 6.71 Å². The van der Waals surface area contributed by atoms with Gasteiger partial charge in [0, 0.05) is 50.2 Å². The predicted octanol–water partition coefficient (Wildman–Crippen LogP) is 17.8. The minimum absolute atomic E-state index is 0.0567. The Balaban J connectivity index is 1.15. The van der Waals surface area contributed by atoms with Crippen molar-refractivity contribution in [3.8, 4) is 22.3 Å². The summed E-state index contributed by atoms with van der Waals surface area (Å²) in [5.74, 6) is 0. The molecule has 2 fully saturated rings. The highest BCUT2D eigenvalue weighted by atomic mass is 16.3.